The van der Waals surface area contributed by atoms with Gasteiger partial charge in [0.05, 0.1) is 11.9 Å². The van der Waals surface area contributed by atoms with Crippen molar-refractivity contribution in [1.29, 1.82) is 0 Å². The van der Waals surface area contributed by atoms with Crippen LogP contribution in [-0.2, 0) is 0 Å². The lowest BCUT2D eigenvalue weighted by atomic mass is 10.2. The minimum Gasteiger partial charge on any atom is -0.311 e. The van der Waals surface area contributed by atoms with Gasteiger partial charge in [0.1, 0.15) is 5.69 Å². The lowest BCUT2D eigenvalue weighted by molar-refractivity contribution is 0.622. The molecule has 0 saturated carbocycles. The van der Waals surface area contributed by atoms with Gasteiger partial charge in [0.2, 0.25) is 0 Å². The van der Waals surface area contributed by atoms with E-state index < -0.39 is 0 Å². The van der Waals surface area contributed by atoms with Crippen LogP contribution in [0.1, 0.15) is 26.5 Å². The van der Waals surface area contributed by atoms with Crippen LogP contribution in [-0.4, -0.2) is 27.6 Å². The van der Waals surface area contributed by atoms with Gasteiger partial charge in [-0.2, -0.15) is 9.90 Å². The first kappa shape index (κ1) is 13.5. The van der Waals surface area contributed by atoms with Crippen LogP contribution < -0.4 is 5.32 Å². The molecule has 1 aromatic heterocycles. The van der Waals surface area contributed by atoms with E-state index in [9.17, 15) is 0 Å². The largest absolute Gasteiger partial charge is 0.311 e. The highest BCUT2D eigenvalue weighted by Gasteiger charge is 2.01. The van der Waals surface area contributed by atoms with Gasteiger partial charge in [-0.05, 0) is 25.1 Å². The summed E-state index contributed by atoms with van der Waals surface area (Å²) in [4.78, 5) is 1.65. The van der Waals surface area contributed by atoms with Crippen LogP contribution in [0.25, 0.3) is 11.8 Å². The Labute approximate surface area is 114 Å². The number of hydrogen-bond donors (Lipinski definition) is 1. The third-order valence-corrected chi connectivity index (χ3v) is 2.68. The van der Waals surface area contributed by atoms with Gasteiger partial charge in [0, 0.05) is 12.6 Å². The third-order valence-electron chi connectivity index (χ3n) is 2.68. The number of aromatic nitrogens is 3. The third kappa shape index (κ3) is 4.03. The first-order chi connectivity index (χ1) is 9.15. The smallest absolute Gasteiger partial charge is 0.106 e. The Kier molecular flexibility index (Phi) is 4.47. The summed E-state index contributed by atoms with van der Waals surface area (Å²) in [5, 5.41) is 12.1. The summed E-state index contributed by atoms with van der Waals surface area (Å²) in [6.07, 6.45) is 3.84. The second kappa shape index (κ2) is 6.29. The molecule has 0 saturated heterocycles. The van der Waals surface area contributed by atoms with Crippen molar-refractivity contribution in [2.75, 3.05) is 6.54 Å². The van der Waals surface area contributed by atoms with Gasteiger partial charge in [-0.15, -0.1) is 5.10 Å². The maximum atomic E-state index is 4.45. The molecule has 0 aliphatic carbocycles. The maximum Gasteiger partial charge on any atom is 0.106 e. The van der Waals surface area contributed by atoms with Crippen molar-refractivity contribution in [3.05, 3.63) is 47.8 Å². The Morgan fingerprint density at radius 3 is 2.74 bits per heavy atom. The van der Waals surface area contributed by atoms with E-state index in [1.54, 1.807) is 11.0 Å². The van der Waals surface area contributed by atoms with E-state index in [4.69, 9.17) is 0 Å². The second-order valence-corrected chi connectivity index (χ2v) is 4.92. The molecule has 4 nitrogen and oxygen atoms in total. The standard InChI is InChI=1S/C15H20N4/c1-12(2)16-10-13(3)9-14-11-17-19(18-14)15-7-5-4-6-8-15/h4-9,11-12,16H,10H2,1-3H3. The van der Waals surface area contributed by atoms with Crippen molar-refractivity contribution < 1.29 is 0 Å². The van der Waals surface area contributed by atoms with Gasteiger partial charge in [-0.1, -0.05) is 37.6 Å². The molecule has 0 bridgehead atoms. The monoisotopic (exact) mass is 256 g/mol. The van der Waals surface area contributed by atoms with E-state index in [2.05, 4.69) is 42.4 Å². The fourth-order valence-corrected chi connectivity index (χ4v) is 1.70. The van der Waals surface area contributed by atoms with Crippen molar-refractivity contribution in [1.82, 2.24) is 20.3 Å². The Morgan fingerprint density at radius 1 is 1.32 bits per heavy atom. The molecule has 100 valence electrons. The zero-order valence-corrected chi connectivity index (χ0v) is 11.7. The summed E-state index contributed by atoms with van der Waals surface area (Å²) in [5.41, 5.74) is 3.10. The Morgan fingerprint density at radius 2 is 2.05 bits per heavy atom. The molecule has 19 heavy (non-hydrogen) atoms. The van der Waals surface area contributed by atoms with Crippen LogP contribution in [0.4, 0.5) is 0 Å². The highest BCUT2D eigenvalue weighted by molar-refractivity contribution is 5.47. The predicted molar refractivity (Wildman–Crippen MR) is 78.1 cm³/mol. The molecule has 0 spiro atoms. The molecule has 4 heteroatoms. The van der Waals surface area contributed by atoms with Crippen LogP contribution in [0, 0.1) is 0 Å². The van der Waals surface area contributed by atoms with Crippen molar-refractivity contribution in [3.63, 3.8) is 0 Å². The molecule has 0 amide bonds. The average molecular weight is 256 g/mol. The van der Waals surface area contributed by atoms with Gasteiger partial charge >= 0.3 is 0 Å². The van der Waals surface area contributed by atoms with Gasteiger partial charge in [-0.3, -0.25) is 0 Å². The van der Waals surface area contributed by atoms with Crippen molar-refractivity contribution >= 4 is 6.08 Å². The fourth-order valence-electron chi connectivity index (χ4n) is 1.70. The molecule has 1 heterocycles. The second-order valence-electron chi connectivity index (χ2n) is 4.92. The molecule has 2 rings (SSSR count). The minimum atomic E-state index is 0.489. The van der Waals surface area contributed by atoms with Gasteiger partial charge in [0.25, 0.3) is 0 Å². The summed E-state index contributed by atoms with van der Waals surface area (Å²) in [6, 6.07) is 10.4. The number of nitrogens with zero attached hydrogens (tertiary/aromatic N) is 3. The van der Waals surface area contributed by atoms with Crippen molar-refractivity contribution in [3.8, 4) is 5.69 Å². The molecular formula is C15H20N4. The van der Waals surface area contributed by atoms with Crippen LogP contribution in [0.15, 0.2) is 42.1 Å². The molecule has 1 aromatic carbocycles. The van der Waals surface area contributed by atoms with Gasteiger partial charge in [0.15, 0.2) is 0 Å². The van der Waals surface area contributed by atoms with E-state index in [1.807, 2.05) is 30.3 Å². The number of rotatable bonds is 5. The molecule has 0 unspecified atom stereocenters. The minimum absolute atomic E-state index is 0.489. The summed E-state index contributed by atoms with van der Waals surface area (Å²) in [6.45, 7) is 7.24. The molecule has 0 aliphatic heterocycles. The topological polar surface area (TPSA) is 42.7 Å². The average Bonchev–Trinajstić information content (AvgIpc) is 2.86. The first-order valence-electron chi connectivity index (χ1n) is 6.53. The SMILES string of the molecule is CC(=Cc1cnn(-c2ccccc2)n1)CNC(C)C. The summed E-state index contributed by atoms with van der Waals surface area (Å²) < 4.78 is 0. The summed E-state index contributed by atoms with van der Waals surface area (Å²) in [5.74, 6) is 0. The molecule has 0 aliphatic rings. The Hall–Kier alpha value is -1.94. The van der Waals surface area contributed by atoms with E-state index in [0.717, 1.165) is 17.9 Å². The van der Waals surface area contributed by atoms with Gasteiger partial charge in [-0.25, -0.2) is 0 Å². The van der Waals surface area contributed by atoms with E-state index >= 15 is 0 Å². The molecule has 0 atom stereocenters. The van der Waals surface area contributed by atoms with Crippen molar-refractivity contribution in [2.24, 2.45) is 0 Å². The van der Waals surface area contributed by atoms with Crippen molar-refractivity contribution in [2.45, 2.75) is 26.8 Å². The highest BCUT2D eigenvalue weighted by Crippen LogP contribution is 2.06. The highest BCUT2D eigenvalue weighted by atomic mass is 15.5. The lowest BCUT2D eigenvalue weighted by Gasteiger charge is -2.07. The van der Waals surface area contributed by atoms with Gasteiger partial charge < -0.3 is 5.32 Å². The quantitative estimate of drug-likeness (QED) is 0.894. The number of hydrogen-bond acceptors (Lipinski definition) is 3. The molecule has 1 N–H and O–H groups in total. The zero-order valence-electron chi connectivity index (χ0n) is 11.7. The fraction of sp³-hybridized carbons (Fsp3) is 0.333. The summed E-state index contributed by atoms with van der Waals surface area (Å²) >= 11 is 0. The normalized spacial score (nSPS) is 12.1. The first-order valence-corrected chi connectivity index (χ1v) is 6.53. The van der Waals surface area contributed by atoms with E-state index in [0.29, 0.717) is 6.04 Å². The number of para-hydroxylation sites is 1. The lowest BCUT2D eigenvalue weighted by Crippen LogP contribution is -2.24. The van der Waals surface area contributed by atoms with Crippen LogP contribution in [0.2, 0.25) is 0 Å². The molecule has 0 radical (unpaired) electrons. The number of benzene rings is 1. The van der Waals surface area contributed by atoms with Crippen LogP contribution in [0.3, 0.4) is 0 Å². The Balaban J connectivity index is 2.07. The Bertz CT molecular complexity index is 540. The number of nitrogens with one attached hydrogen (secondary N) is 1. The van der Waals surface area contributed by atoms with E-state index in [1.165, 1.54) is 5.57 Å². The van der Waals surface area contributed by atoms with E-state index in [-0.39, 0.29) is 0 Å². The maximum absolute atomic E-state index is 4.45. The van der Waals surface area contributed by atoms with Crippen LogP contribution in [0.5, 0.6) is 0 Å². The molecule has 2 aromatic rings. The summed E-state index contributed by atoms with van der Waals surface area (Å²) in [7, 11) is 0. The molecule has 0 fully saturated rings. The predicted octanol–water partition coefficient (Wildman–Crippen LogP) is 2.67. The zero-order chi connectivity index (χ0) is 13.7. The molecular weight excluding hydrogens is 236 g/mol. The van der Waals surface area contributed by atoms with Crippen LogP contribution >= 0.6 is 0 Å².